The number of hydrogen-bond acceptors (Lipinski definition) is 2. The third kappa shape index (κ3) is 3.49. The van der Waals surface area contributed by atoms with E-state index in [0.717, 1.165) is 23.3 Å². The highest BCUT2D eigenvalue weighted by molar-refractivity contribution is 6.30. The van der Waals surface area contributed by atoms with Gasteiger partial charge in [0, 0.05) is 18.1 Å². The fraction of sp³-hybridized carbons (Fsp3) is 0.316. The van der Waals surface area contributed by atoms with Crippen LogP contribution in [0.15, 0.2) is 42.5 Å². The summed E-state index contributed by atoms with van der Waals surface area (Å²) in [6.45, 7) is 3.23. The number of ether oxygens (including phenoxy) is 1. The van der Waals surface area contributed by atoms with Crippen molar-refractivity contribution in [3.63, 3.8) is 0 Å². The highest BCUT2D eigenvalue weighted by atomic mass is 35.5. The molecule has 0 saturated heterocycles. The number of nitrogens with zero attached hydrogens (tertiary/aromatic N) is 1. The summed E-state index contributed by atoms with van der Waals surface area (Å²) < 4.78 is 5.31. The average molecular weight is 345 g/mol. The molecule has 0 saturated carbocycles. The van der Waals surface area contributed by atoms with Crippen LogP contribution in [0.3, 0.4) is 0 Å². The van der Waals surface area contributed by atoms with Gasteiger partial charge >= 0.3 is 6.03 Å². The number of urea groups is 1. The summed E-state index contributed by atoms with van der Waals surface area (Å²) >= 11 is 5.98. The summed E-state index contributed by atoms with van der Waals surface area (Å²) in [5.74, 6) is 0.821. The van der Waals surface area contributed by atoms with Crippen molar-refractivity contribution in [2.45, 2.75) is 25.9 Å². The Kier molecular flexibility index (Phi) is 4.95. The zero-order chi connectivity index (χ0) is 17.1. The van der Waals surface area contributed by atoms with Crippen LogP contribution < -0.4 is 10.1 Å². The molecule has 5 heteroatoms. The van der Waals surface area contributed by atoms with Gasteiger partial charge in [0.05, 0.1) is 13.2 Å². The van der Waals surface area contributed by atoms with Gasteiger partial charge in [0.2, 0.25) is 0 Å². The van der Waals surface area contributed by atoms with E-state index in [1.807, 2.05) is 41.3 Å². The Balaban J connectivity index is 1.69. The molecule has 1 aliphatic heterocycles. The molecular weight excluding hydrogens is 324 g/mol. The van der Waals surface area contributed by atoms with Crippen molar-refractivity contribution in [1.82, 2.24) is 10.2 Å². The van der Waals surface area contributed by atoms with E-state index in [1.54, 1.807) is 7.11 Å². The van der Waals surface area contributed by atoms with Gasteiger partial charge in [-0.1, -0.05) is 29.8 Å². The zero-order valence-electron chi connectivity index (χ0n) is 13.9. The van der Waals surface area contributed by atoms with E-state index >= 15 is 0 Å². The Labute approximate surface area is 147 Å². The largest absolute Gasteiger partial charge is 0.497 e. The van der Waals surface area contributed by atoms with E-state index in [9.17, 15) is 4.79 Å². The molecule has 1 unspecified atom stereocenters. The number of nitrogens with one attached hydrogen (secondary N) is 1. The molecule has 1 heterocycles. The summed E-state index contributed by atoms with van der Waals surface area (Å²) in [4.78, 5) is 14.4. The molecular formula is C19H21ClN2O2. The summed E-state index contributed by atoms with van der Waals surface area (Å²) in [5, 5.41) is 3.66. The molecule has 2 amide bonds. The summed E-state index contributed by atoms with van der Waals surface area (Å²) in [7, 11) is 1.66. The van der Waals surface area contributed by atoms with Crippen molar-refractivity contribution in [2.24, 2.45) is 0 Å². The van der Waals surface area contributed by atoms with Gasteiger partial charge in [-0.3, -0.25) is 0 Å². The quantitative estimate of drug-likeness (QED) is 0.907. The molecule has 0 bridgehead atoms. The highest BCUT2D eigenvalue weighted by Gasteiger charge is 2.27. The van der Waals surface area contributed by atoms with E-state index in [2.05, 4.69) is 18.3 Å². The smallest absolute Gasteiger partial charge is 0.318 e. The van der Waals surface area contributed by atoms with Crippen molar-refractivity contribution in [2.75, 3.05) is 13.7 Å². The lowest BCUT2D eigenvalue weighted by molar-refractivity contribution is 0.174. The molecule has 126 valence electrons. The Hall–Kier alpha value is -2.20. The summed E-state index contributed by atoms with van der Waals surface area (Å²) in [5.41, 5.74) is 3.42. The molecule has 0 aliphatic carbocycles. The number of halogens is 1. The molecule has 0 spiro atoms. The van der Waals surface area contributed by atoms with Crippen LogP contribution >= 0.6 is 11.6 Å². The SMILES string of the molecule is COc1ccc2c(c1)C(C)N(C(=O)NCc1cccc(Cl)c1)CC2. The van der Waals surface area contributed by atoms with Gasteiger partial charge in [0.25, 0.3) is 0 Å². The van der Waals surface area contributed by atoms with Crippen LogP contribution in [0.2, 0.25) is 5.02 Å². The molecule has 24 heavy (non-hydrogen) atoms. The molecule has 0 fully saturated rings. The van der Waals surface area contributed by atoms with Crippen LogP contribution in [0.1, 0.15) is 29.7 Å². The topological polar surface area (TPSA) is 41.6 Å². The molecule has 4 nitrogen and oxygen atoms in total. The molecule has 1 atom stereocenters. The number of methoxy groups -OCH3 is 1. The Bertz CT molecular complexity index is 748. The summed E-state index contributed by atoms with van der Waals surface area (Å²) in [6.07, 6.45) is 0.855. The van der Waals surface area contributed by atoms with Crippen molar-refractivity contribution in [3.05, 3.63) is 64.2 Å². The van der Waals surface area contributed by atoms with Crippen molar-refractivity contribution in [3.8, 4) is 5.75 Å². The lowest BCUT2D eigenvalue weighted by Crippen LogP contribution is -2.44. The average Bonchev–Trinajstić information content (AvgIpc) is 2.60. The van der Waals surface area contributed by atoms with Crippen LogP contribution in [0.5, 0.6) is 5.75 Å². The number of rotatable bonds is 3. The maximum Gasteiger partial charge on any atom is 0.318 e. The maximum atomic E-state index is 12.6. The minimum Gasteiger partial charge on any atom is -0.497 e. The van der Waals surface area contributed by atoms with E-state index in [4.69, 9.17) is 16.3 Å². The fourth-order valence-corrected chi connectivity index (χ4v) is 3.34. The second-order valence-electron chi connectivity index (χ2n) is 5.97. The number of amides is 2. The standard InChI is InChI=1S/C19H21ClN2O2/c1-13-18-11-17(24-2)7-6-15(18)8-9-22(13)19(23)21-12-14-4-3-5-16(20)10-14/h3-7,10-11,13H,8-9,12H2,1-2H3,(H,21,23). The molecule has 2 aromatic rings. The van der Waals surface area contributed by atoms with Crippen LogP contribution in [0, 0.1) is 0 Å². The normalized spacial score (nSPS) is 16.5. The van der Waals surface area contributed by atoms with Crippen molar-refractivity contribution >= 4 is 17.6 Å². The molecule has 1 N–H and O–H groups in total. The maximum absolute atomic E-state index is 12.6. The number of hydrogen-bond donors (Lipinski definition) is 1. The monoisotopic (exact) mass is 344 g/mol. The number of benzene rings is 2. The minimum absolute atomic E-state index is 0.0169. The molecule has 0 aromatic heterocycles. The second-order valence-corrected chi connectivity index (χ2v) is 6.41. The van der Waals surface area contributed by atoms with Crippen molar-refractivity contribution in [1.29, 1.82) is 0 Å². The molecule has 2 aromatic carbocycles. The lowest BCUT2D eigenvalue weighted by Gasteiger charge is -2.35. The van der Waals surface area contributed by atoms with Gasteiger partial charge in [0.15, 0.2) is 0 Å². The minimum atomic E-state index is -0.0593. The Morgan fingerprint density at radius 3 is 2.92 bits per heavy atom. The number of carbonyl (C=O) groups is 1. The molecule has 3 rings (SSSR count). The summed E-state index contributed by atoms with van der Waals surface area (Å²) in [6, 6.07) is 13.6. The van der Waals surface area contributed by atoms with E-state index in [-0.39, 0.29) is 12.1 Å². The first-order valence-electron chi connectivity index (χ1n) is 8.04. The third-order valence-corrected chi connectivity index (χ3v) is 4.72. The van der Waals surface area contributed by atoms with Crippen LogP contribution in [-0.4, -0.2) is 24.6 Å². The van der Waals surface area contributed by atoms with Crippen LogP contribution in [0.25, 0.3) is 0 Å². The second kappa shape index (κ2) is 7.14. The van der Waals surface area contributed by atoms with E-state index < -0.39 is 0 Å². The van der Waals surface area contributed by atoms with Gasteiger partial charge in [0.1, 0.15) is 5.75 Å². The Morgan fingerprint density at radius 1 is 1.33 bits per heavy atom. The van der Waals surface area contributed by atoms with Gasteiger partial charge in [-0.25, -0.2) is 4.79 Å². The fourth-order valence-electron chi connectivity index (χ4n) is 3.12. The first-order valence-corrected chi connectivity index (χ1v) is 8.42. The van der Waals surface area contributed by atoms with Crippen LogP contribution in [-0.2, 0) is 13.0 Å². The van der Waals surface area contributed by atoms with Crippen molar-refractivity contribution < 1.29 is 9.53 Å². The highest BCUT2D eigenvalue weighted by Crippen LogP contribution is 2.32. The van der Waals surface area contributed by atoms with Gasteiger partial charge in [-0.05, 0) is 54.3 Å². The predicted octanol–water partition coefficient (Wildman–Crippen LogP) is 4.18. The molecule has 0 radical (unpaired) electrons. The third-order valence-electron chi connectivity index (χ3n) is 4.49. The lowest BCUT2D eigenvalue weighted by atomic mass is 9.93. The zero-order valence-corrected chi connectivity index (χ0v) is 14.6. The van der Waals surface area contributed by atoms with E-state index in [0.29, 0.717) is 18.1 Å². The van der Waals surface area contributed by atoms with Gasteiger partial charge in [-0.2, -0.15) is 0 Å². The predicted molar refractivity (Wildman–Crippen MR) is 95.5 cm³/mol. The van der Waals surface area contributed by atoms with Gasteiger partial charge in [-0.15, -0.1) is 0 Å². The number of fused-ring (bicyclic) bond motifs is 1. The first-order chi connectivity index (χ1) is 11.6. The van der Waals surface area contributed by atoms with E-state index in [1.165, 1.54) is 5.56 Å². The van der Waals surface area contributed by atoms with Crippen LogP contribution in [0.4, 0.5) is 4.79 Å². The van der Waals surface area contributed by atoms with Gasteiger partial charge < -0.3 is 15.0 Å². The first kappa shape index (κ1) is 16.7. The number of carbonyl (C=O) groups excluding carboxylic acids is 1. The molecule has 1 aliphatic rings. The Morgan fingerprint density at radius 2 is 2.17 bits per heavy atom.